The lowest BCUT2D eigenvalue weighted by Crippen LogP contribution is -2.24. The molecular weight excluding hydrogens is 302 g/mol. The average Bonchev–Trinajstić information content (AvgIpc) is 3.01. The molecule has 3 N–H and O–H groups in total. The number of hydrogen-bond acceptors (Lipinski definition) is 4. The van der Waals surface area contributed by atoms with E-state index in [1.807, 2.05) is 13.8 Å². The van der Waals surface area contributed by atoms with Crippen molar-refractivity contribution in [2.45, 2.75) is 51.8 Å². The van der Waals surface area contributed by atoms with E-state index in [2.05, 4.69) is 42.0 Å². The fraction of sp³-hybridized carbons (Fsp3) is 0.526. The van der Waals surface area contributed by atoms with Crippen molar-refractivity contribution in [3.63, 3.8) is 0 Å². The second kappa shape index (κ2) is 7.92. The summed E-state index contributed by atoms with van der Waals surface area (Å²) < 4.78 is 7.71. The van der Waals surface area contributed by atoms with E-state index in [4.69, 9.17) is 20.6 Å². The van der Waals surface area contributed by atoms with Crippen LogP contribution < -0.4 is 5.73 Å². The molecule has 5 nitrogen and oxygen atoms in total. The zero-order chi connectivity index (χ0) is 17.7. The molecule has 1 aromatic carbocycles. The number of aryl methyl sites for hydroxylation is 1. The minimum absolute atomic E-state index is 0.00532. The fourth-order valence-corrected chi connectivity index (χ4v) is 2.75. The van der Waals surface area contributed by atoms with Crippen molar-refractivity contribution < 1.29 is 9.84 Å². The lowest BCUT2D eigenvalue weighted by molar-refractivity contribution is 0.00872. The van der Waals surface area contributed by atoms with Gasteiger partial charge in [-0.05, 0) is 39.2 Å². The zero-order valence-corrected chi connectivity index (χ0v) is 15.1. The van der Waals surface area contributed by atoms with Crippen LogP contribution in [0.1, 0.15) is 38.6 Å². The Hall–Kier alpha value is -1.69. The van der Waals surface area contributed by atoms with E-state index >= 15 is 0 Å². The monoisotopic (exact) mass is 331 g/mol. The van der Waals surface area contributed by atoms with E-state index in [0.717, 1.165) is 30.0 Å². The average molecular weight is 331 g/mol. The maximum Gasteiger partial charge on any atom is 0.141 e. The van der Waals surface area contributed by atoms with Crippen molar-refractivity contribution >= 4 is 0 Å². The Kier molecular flexibility index (Phi) is 6.15. The maximum absolute atomic E-state index is 8.94. The minimum atomic E-state index is -0.425. The Labute approximate surface area is 144 Å². The van der Waals surface area contributed by atoms with Crippen molar-refractivity contribution in [3.8, 4) is 11.3 Å². The summed E-state index contributed by atoms with van der Waals surface area (Å²) in [6.07, 6.45) is 3.47. The number of nitrogens with two attached hydrogens (primary N) is 1. The van der Waals surface area contributed by atoms with E-state index in [1.165, 1.54) is 5.56 Å². The summed E-state index contributed by atoms with van der Waals surface area (Å²) in [5, 5.41) is 8.94. The molecule has 0 fully saturated rings. The van der Waals surface area contributed by atoms with Crippen LogP contribution in [-0.2, 0) is 23.3 Å². The summed E-state index contributed by atoms with van der Waals surface area (Å²) in [6, 6.07) is 8.31. The normalized spacial score (nSPS) is 13.2. The predicted molar refractivity (Wildman–Crippen MR) is 96.8 cm³/mol. The number of imidazole rings is 1. The van der Waals surface area contributed by atoms with E-state index < -0.39 is 5.60 Å². The molecule has 0 bridgehead atoms. The summed E-state index contributed by atoms with van der Waals surface area (Å²) in [6.45, 7) is 7.13. The molecule has 1 heterocycles. The van der Waals surface area contributed by atoms with Gasteiger partial charge in [0.2, 0.25) is 0 Å². The van der Waals surface area contributed by atoms with Gasteiger partial charge in [0.1, 0.15) is 11.4 Å². The lowest BCUT2D eigenvalue weighted by Gasteiger charge is -2.22. The molecule has 1 unspecified atom stereocenters. The highest BCUT2D eigenvalue weighted by molar-refractivity contribution is 5.59. The van der Waals surface area contributed by atoms with Crippen LogP contribution in [0.25, 0.3) is 11.3 Å². The number of aromatic nitrogens is 2. The number of ether oxygens (including phenoxy) is 1. The molecule has 2 rings (SSSR count). The summed E-state index contributed by atoms with van der Waals surface area (Å²) in [5.41, 5.74) is 8.75. The first-order valence-corrected chi connectivity index (χ1v) is 8.49. The molecule has 5 heteroatoms. The Morgan fingerprint density at radius 2 is 1.96 bits per heavy atom. The van der Waals surface area contributed by atoms with Crippen molar-refractivity contribution in [3.05, 3.63) is 41.9 Å². The molecule has 0 aliphatic heterocycles. The molecule has 1 aromatic heterocycles. The van der Waals surface area contributed by atoms with Gasteiger partial charge < -0.3 is 20.1 Å². The first kappa shape index (κ1) is 18.6. The molecule has 0 spiro atoms. The maximum atomic E-state index is 8.94. The van der Waals surface area contributed by atoms with Gasteiger partial charge in [-0.1, -0.05) is 24.3 Å². The molecule has 0 aliphatic carbocycles. The first-order chi connectivity index (χ1) is 11.4. The molecule has 132 valence electrons. The van der Waals surface area contributed by atoms with Crippen LogP contribution in [0, 0.1) is 0 Å². The van der Waals surface area contributed by atoms with Crippen LogP contribution in [0.2, 0.25) is 0 Å². The Balaban J connectivity index is 2.23. The molecule has 0 amide bonds. The molecule has 0 saturated heterocycles. The third-order valence-electron chi connectivity index (χ3n) is 4.41. The van der Waals surface area contributed by atoms with Gasteiger partial charge in [0, 0.05) is 38.1 Å². The van der Waals surface area contributed by atoms with Crippen molar-refractivity contribution in [1.29, 1.82) is 0 Å². The molecule has 0 radical (unpaired) electrons. The fourth-order valence-electron chi connectivity index (χ4n) is 2.75. The SMILES string of the molecule is CCn1cc(-c2ccc(CC(N)CCO)cc2)nc1C(C)(C)OC. The van der Waals surface area contributed by atoms with Gasteiger partial charge in [0.15, 0.2) is 0 Å². The molecule has 0 aliphatic rings. The summed E-state index contributed by atoms with van der Waals surface area (Å²) in [4.78, 5) is 4.79. The number of hydrogen-bond donors (Lipinski definition) is 2. The first-order valence-electron chi connectivity index (χ1n) is 8.49. The third kappa shape index (κ3) is 4.23. The van der Waals surface area contributed by atoms with Crippen molar-refractivity contribution in [2.75, 3.05) is 13.7 Å². The highest BCUT2D eigenvalue weighted by atomic mass is 16.5. The number of rotatable bonds is 8. The van der Waals surface area contributed by atoms with Crippen LogP contribution in [0.5, 0.6) is 0 Å². The quantitative estimate of drug-likeness (QED) is 0.780. The minimum Gasteiger partial charge on any atom is -0.396 e. The third-order valence-corrected chi connectivity index (χ3v) is 4.41. The highest BCUT2D eigenvalue weighted by Gasteiger charge is 2.26. The van der Waals surface area contributed by atoms with E-state index in [-0.39, 0.29) is 12.6 Å². The van der Waals surface area contributed by atoms with Crippen LogP contribution in [0.3, 0.4) is 0 Å². The predicted octanol–water partition coefficient (Wildman–Crippen LogP) is 2.70. The van der Waals surface area contributed by atoms with Gasteiger partial charge >= 0.3 is 0 Å². The lowest BCUT2D eigenvalue weighted by atomic mass is 10.0. The van der Waals surface area contributed by atoms with Gasteiger partial charge in [-0.15, -0.1) is 0 Å². The van der Waals surface area contributed by atoms with Gasteiger partial charge in [-0.3, -0.25) is 0 Å². The Morgan fingerprint density at radius 3 is 2.50 bits per heavy atom. The molecule has 2 aromatic rings. The number of benzene rings is 1. The Morgan fingerprint density at radius 1 is 1.29 bits per heavy atom. The molecule has 0 saturated carbocycles. The highest BCUT2D eigenvalue weighted by Crippen LogP contribution is 2.27. The Bertz CT molecular complexity index is 647. The van der Waals surface area contributed by atoms with Gasteiger partial charge in [-0.25, -0.2) is 4.98 Å². The van der Waals surface area contributed by atoms with E-state index in [9.17, 15) is 0 Å². The van der Waals surface area contributed by atoms with Crippen molar-refractivity contribution in [2.24, 2.45) is 5.73 Å². The number of methoxy groups -OCH3 is 1. The molecule has 24 heavy (non-hydrogen) atoms. The van der Waals surface area contributed by atoms with Gasteiger partial charge in [-0.2, -0.15) is 0 Å². The van der Waals surface area contributed by atoms with Gasteiger partial charge in [0.05, 0.1) is 5.69 Å². The number of aliphatic hydroxyl groups excluding tert-OH is 1. The van der Waals surface area contributed by atoms with Crippen molar-refractivity contribution in [1.82, 2.24) is 9.55 Å². The van der Waals surface area contributed by atoms with Crippen LogP contribution >= 0.6 is 0 Å². The van der Waals surface area contributed by atoms with Gasteiger partial charge in [0.25, 0.3) is 0 Å². The summed E-state index contributed by atoms with van der Waals surface area (Å²) >= 11 is 0. The number of nitrogens with zero attached hydrogens (tertiary/aromatic N) is 2. The number of aliphatic hydroxyl groups is 1. The summed E-state index contributed by atoms with van der Waals surface area (Å²) in [5.74, 6) is 0.927. The van der Waals surface area contributed by atoms with Crippen LogP contribution in [-0.4, -0.2) is 34.4 Å². The summed E-state index contributed by atoms with van der Waals surface area (Å²) in [7, 11) is 1.71. The second-order valence-corrected chi connectivity index (χ2v) is 6.62. The molecular formula is C19H29N3O2. The van der Waals surface area contributed by atoms with E-state index in [0.29, 0.717) is 6.42 Å². The standard InChI is InChI=1S/C19H29N3O2/c1-5-22-13-17(21-18(22)19(2,3)24-4)15-8-6-14(7-9-15)12-16(20)10-11-23/h6-9,13,16,23H,5,10-12,20H2,1-4H3. The molecule has 1 atom stereocenters. The zero-order valence-electron chi connectivity index (χ0n) is 15.1. The largest absolute Gasteiger partial charge is 0.396 e. The van der Waals surface area contributed by atoms with Crippen LogP contribution in [0.4, 0.5) is 0 Å². The smallest absolute Gasteiger partial charge is 0.141 e. The second-order valence-electron chi connectivity index (χ2n) is 6.62. The topological polar surface area (TPSA) is 73.3 Å². The van der Waals surface area contributed by atoms with E-state index in [1.54, 1.807) is 7.11 Å². The van der Waals surface area contributed by atoms with Crippen LogP contribution in [0.15, 0.2) is 30.5 Å².